The predicted octanol–water partition coefficient (Wildman–Crippen LogP) is 3.02. The van der Waals surface area contributed by atoms with E-state index >= 15 is 0 Å². The van der Waals surface area contributed by atoms with Gasteiger partial charge in [0.05, 0.1) is 18.6 Å². The van der Waals surface area contributed by atoms with Crippen LogP contribution in [-0.4, -0.2) is 34.1 Å². The second kappa shape index (κ2) is 8.82. The van der Waals surface area contributed by atoms with Gasteiger partial charge < -0.3 is 9.47 Å². The highest BCUT2D eigenvalue weighted by atomic mass is 32.2. The summed E-state index contributed by atoms with van der Waals surface area (Å²) in [6.45, 7) is 3.65. The molecule has 7 heteroatoms. The number of fused-ring (bicyclic) bond motifs is 1. The van der Waals surface area contributed by atoms with Crippen molar-refractivity contribution in [3.8, 4) is 5.75 Å². The average Bonchev–Trinajstić information content (AvgIpc) is 2.64. The third kappa shape index (κ3) is 4.42. The summed E-state index contributed by atoms with van der Waals surface area (Å²) in [6, 6.07) is 9.14. The lowest BCUT2D eigenvalue weighted by Gasteiger charge is -2.17. The molecular weight excluding hydrogens is 354 g/mol. The summed E-state index contributed by atoms with van der Waals surface area (Å²) in [7, 11) is -2.42. The van der Waals surface area contributed by atoms with Gasteiger partial charge in [0.1, 0.15) is 11.8 Å². The molecule has 0 spiro atoms. The lowest BCUT2D eigenvalue weighted by molar-refractivity contribution is -0.145. The van der Waals surface area contributed by atoms with Crippen LogP contribution in [0.3, 0.4) is 0 Å². The first kappa shape index (κ1) is 19.9. The van der Waals surface area contributed by atoms with Crippen LogP contribution >= 0.6 is 0 Å². The van der Waals surface area contributed by atoms with Gasteiger partial charge in [-0.25, -0.2) is 8.42 Å². The average molecular weight is 377 g/mol. The molecule has 0 saturated heterocycles. The molecule has 0 radical (unpaired) electrons. The van der Waals surface area contributed by atoms with Crippen molar-refractivity contribution in [2.24, 2.45) is 0 Å². The van der Waals surface area contributed by atoms with Crippen molar-refractivity contribution in [1.29, 1.82) is 0 Å². The first-order chi connectivity index (χ1) is 12.4. The molecule has 1 unspecified atom stereocenters. The first-order valence-electron chi connectivity index (χ1n) is 8.30. The van der Waals surface area contributed by atoms with Crippen LogP contribution in [0.2, 0.25) is 0 Å². The van der Waals surface area contributed by atoms with Gasteiger partial charge in [-0.05, 0) is 32.4 Å². The molecule has 0 bridgehead atoms. The van der Waals surface area contributed by atoms with Crippen molar-refractivity contribution in [2.75, 3.05) is 13.7 Å². The number of hydrogen-bond acceptors (Lipinski definition) is 5. The molecular formula is C19H23NO5S. The fraction of sp³-hybridized carbons (Fsp3) is 0.316. The van der Waals surface area contributed by atoms with E-state index in [0.29, 0.717) is 16.5 Å². The number of ether oxygens (including phenoxy) is 2. The molecule has 1 N–H and O–H groups in total. The molecule has 6 nitrogen and oxygen atoms in total. The van der Waals surface area contributed by atoms with Gasteiger partial charge in [0.15, 0.2) is 0 Å². The molecule has 26 heavy (non-hydrogen) atoms. The highest BCUT2D eigenvalue weighted by Gasteiger charge is 2.27. The monoisotopic (exact) mass is 377 g/mol. The number of allylic oxidation sites excluding steroid dienone is 1. The molecule has 1 atom stereocenters. The van der Waals surface area contributed by atoms with E-state index < -0.39 is 22.0 Å². The summed E-state index contributed by atoms with van der Waals surface area (Å²) in [5.74, 6) is -0.0256. The molecule has 0 fully saturated rings. The number of esters is 1. The smallest absolute Gasteiger partial charge is 0.324 e. The zero-order valence-electron chi connectivity index (χ0n) is 15.1. The number of methoxy groups -OCH3 is 1. The summed E-state index contributed by atoms with van der Waals surface area (Å²) in [5.41, 5.74) is 0. The van der Waals surface area contributed by atoms with Crippen molar-refractivity contribution >= 4 is 26.8 Å². The predicted molar refractivity (Wildman–Crippen MR) is 101 cm³/mol. The van der Waals surface area contributed by atoms with E-state index in [-0.39, 0.29) is 17.9 Å². The van der Waals surface area contributed by atoms with E-state index in [0.717, 1.165) is 0 Å². The summed E-state index contributed by atoms with van der Waals surface area (Å²) in [6.07, 6.45) is 3.68. The molecule has 0 aliphatic rings. The van der Waals surface area contributed by atoms with Gasteiger partial charge in [0, 0.05) is 10.8 Å². The van der Waals surface area contributed by atoms with E-state index in [1.807, 2.05) is 6.07 Å². The van der Waals surface area contributed by atoms with Gasteiger partial charge in [0.25, 0.3) is 0 Å². The van der Waals surface area contributed by atoms with Crippen LogP contribution in [0, 0.1) is 0 Å². The van der Waals surface area contributed by atoms with Crippen LogP contribution < -0.4 is 9.46 Å². The van der Waals surface area contributed by atoms with E-state index in [1.54, 1.807) is 50.3 Å². The Bertz CT molecular complexity index is 905. The van der Waals surface area contributed by atoms with Gasteiger partial charge in [-0.3, -0.25) is 4.79 Å². The Morgan fingerprint density at radius 1 is 1.19 bits per heavy atom. The van der Waals surface area contributed by atoms with Gasteiger partial charge in [-0.2, -0.15) is 4.72 Å². The van der Waals surface area contributed by atoms with Crippen LogP contribution in [0.5, 0.6) is 5.75 Å². The number of benzene rings is 2. The summed E-state index contributed by atoms with van der Waals surface area (Å²) in [5, 5.41) is 1.20. The van der Waals surface area contributed by atoms with Crippen LogP contribution in [0.4, 0.5) is 0 Å². The molecule has 2 aromatic carbocycles. The SMILES string of the molecule is C/C=C\CC(NS(=O)(=O)c1ccc(OC)c2ccccc12)C(=O)OCC. The minimum atomic E-state index is -3.95. The summed E-state index contributed by atoms with van der Waals surface area (Å²) >= 11 is 0. The van der Waals surface area contributed by atoms with Crippen LogP contribution in [0.15, 0.2) is 53.4 Å². The quantitative estimate of drug-likeness (QED) is 0.565. The van der Waals surface area contributed by atoms with Crippen molar-refractivity contribution in [3.05, 3.63) is 48.6 Å². The standard InChI is InChI=1S/C19H23NO5S/c1-4-6-11-16(19(21)25-5-2)20-26(22,23)18-13-12-17(24-3)14-9-7-8-10-15(14)18/h4,6-10,12-13,16,20H,5,11H2,1-3H3/b6-4-. The number of carbonyl (C=O) groups is 1. The fourth-order valence-electron chi connectivity index (χ4n) is 2.61. The lowest BCUT2D eigenvalue weighted by Crippen LogP contribution is -2.41. The lowest BCUT2D eigenvalue weighted by atomic mass is 10.1. The minimum Gasteiger partial charge on any atom is -0.496 e. The van der Waals surface area contributed by atoms with Gasteiger partial charge >= 0.3 is 5.97 Å². The normalized spacial score (nSPS) is 13.0. The number of nitrogens with one attached hydrogen (secondary N) is 1. The molecule has 140 valence electrons. The maximum atomic E-state index is 12.9. The second-order valence-electron chi connectivity index (χ2n) is 5.54. The highest BCUT2D eigenvalue weighted by molar-refractivity contribution is 7.89. The van der Waals surface area contributed by atoms with Crippen LogP contribution in [-0.2, 0) is 19.6 Å². The van der Waals surface area contributed by atoms with Gasteiger partial charge in [0.2, 0.25) is 10.0 Å². The molecule has 0 aromatic heterocycles. The Balaban J connectivity index is 2.46. The number of rotatable bonds is 8. The third-order valence-electron chi connectivity index (χ3n) is 3.83. The second-order valence-corrected chi connectivity index (χ2v) is 7.22. The summed E-state index contributed by atoms with van der Waals surface area (Å²) < 4.78 is 38.6. The first-order valence-corrected chi connectivity index (χ1v) is 9.78. The molecule has 0 aliphatic heterocycles. The maximum absolute atomic E-state index is 12.9. The Labute approximate surface area is 153 Å². The third-order valence-corrected chi connectivity index (χ3v) is 5.36. The van der Waals surface area contributed by atoms with E-state index in [2.05, 4.69) is 4.72 Å². The Hall–Kier alpha value is -2.38. The fourth-order valence-corrected chi connectivity index (χ4v) is 4.02. The van der Waals surface area contributed by atoms with Crippen molar-refractivity contribution in [2.45, 2.75) is 31.2 Å². The largest absolute Gasteiger partial charge is 0.496 e. The van der Waals surface area contributed by atoms with Gasteiger partial charge in [-0.1, -0.05) is 36.4 Å². The van der Waals surface area contributed by atoms with Crippen molar-refractivity contribution < 1.29 is 22.7 Å². The summed E-state index contributed by atoms with van der Waals surface area (Å²) in [4.78, 5) is 12.2. The van der Waals surface area contributed by atoms with Crippen molar-refractivity contribution in [1.82, 2.24) is 4.72 Å². The molecule has 2 rings (SSSR count). The Morgan fingerprint density at radius 3 is 2.50 bits per heavy atom. The molecule has 0 heterocycles. The van der Waals surface area contributed by atoms with E-state index in [9.17, 15) is 13.2 Å². The van der Waals surface area contributed by atoms with Crippen LogP contribution in [0.25, 0.3) is 10.8 Å². The number of carbonyl (C=O) groups excluding carboxylic acids is 1. The molecule has 0 amide bonds. The molecule has 2 aromatic rings. The van der Waals surface area contributed by atoms with Crippen molar-refractivity contribution in [3.63, 3.8) is 0 Å². The minimum absolute atomic E-state index is 0.0867. The maximum Gasteiger partial charge on any atom is 0.324 e. The van der Waals surface area contributed by atoms with Gasteiger partial charge in [-0.15, -0.1) is 0 Å². The highest BCUT2D eigenvalue weighted by Crippen LogP contribution is 2.30. The number of sulfonamides is 1. The van der Waals surface area contributed by atoms with E-state index in [1.165, 1.54) is 13.2 Å². The zero-order chi connectivity index (χ0) is 19.2. The molecule has 0 aliphatic carbocycles. The van der Waals surface area contributed by atoms with E-state index in [4.69, 9.17) is 9.47 Å². The molecule has 0 saturated carbocycles. The number of hydrogen-bond donors (Lipinski definition) is 1. The zero-order valence-corrected chi connectivity index (χ0v) is 15.9. The Morgan fingerprint density at radius 2 is 1.88 bits per heavy atom. The Kier molecular flexibility index (Phi) is 6.76. The van der Waals surface area contributed by atoms with Crippen LogP contribution in [0.1, 0.15) is 20.3 Å². The topological polar surface area (TPSA) is 81.7 Å².